The Morgan fingerprint density at radius 2 is 0.623 bits per heavy atom. The van der Waals surface area contributed by atoms with Gasteiger partial charge in [0.2, 0.25) is 0 Å². The summed E-state index contributed by atoms with van der Waals surface area (Å²) in [7, 11) is 0. The molecule has 8 aromatic carbocycles. The third-order valence-electron chi connectivity index (χ3n) is 13.7. The molecule has 61 heavy (non-hydrogen) atoms. The summed E-state index contributed by atoms with van der Waals surface area (Å²) in [4.78, 5) is 5.18. The Kier molecular flexibility index (Phi) is 9.31. The second-order valence-electron chi connectivity index (χ2n) is 17.3. The molecule has 0 radical (unpaired) electrons. The van der Waals surface area contributed by atoms with E-state index in [1.807, 2.05) is 39.5 Å². The highest BCUT2D eigenvalue weighted by Crippen LogP contribution is 2.63. The van der Waals surface area contributed by atoms with E-state index in [2.05, 4.69) is 209 Å². The first-order valence-electron chi connectivity index (χ1n) is 22.2. The van der Waals surface area contributed by atoms with Crippen molar-refractivity contribution >= 4 is 28.8 Å². The van der Waals surface area contributed by atoms with E-state index in [1.165, 1.54) is 99.1 Å². The van der Waals surface area contributed by atoms with E-state index >= 15 is 0 Å². The Morgan fingerprint density at radius 1 is 0.311 bits per heavy atom. The SMILES string of the molecule is CC.CC.CC1(C)c2ccccc2-c2ccc(N(c3ccc4c(c3)C(C)(C)c3ccccc3-4)c3ccc4c(c3)C3(c5ccccc5Sc5ccccc53)c3ccccc3-4)cc21. The zero-order valence-corrected chi connectivity index (χ0v) is 37.4. The average Bonchev–Trinajstić information content (AvgIpc) is 3.82. The summed E-state index contributed by atoms with van der Waals surface area (Å²) in [5.74, 6) is 0. The fraction of sp³-hybridized carbons (Fsp3) is 0.186. The van der Waals surface area contributed by atoms with E-state index in [-0.39, 0.29) is 10.8 Å². The quantitative estimate of drug-likeness (QED) is 0.175. The molecular weight excluding hydrogens is 755 g/mol. The van der Waals surface area contributed by atoms with E-state index in [0.717, 1.165) is 5.69 Å². The van der Waals surface area contributed by atoms with Crippen LogP contribution in [0.1, 0.15) is 99.9 Å². The Bertz CT molecular complexity index is 2870. The van der Waals surface area contributed by atoms with Gasteiger partial charge in [0, 0.05) is 37.7 Å². The van der Waals surface area contributed by atoms with Crippen LogP contribution < -0.4 is 4.90 Å². The van der Waals surface area contributed by atoms with Crippen LogP contribution in [0.15, 0.2) is 186 Å². The molecular formula is C59H53NS. The van der Waals surface area contributed by atoms with Crippen LogP contribution in [0.2, 0.25) is 0 Å². The van der Waals surface area contributed by atoms with Crippen molar-refractivity contribution in [3.63, 3.8) is 0 Å². The van der Waals surface area contributed by atoms with Gasteiger partial charge in [-0.05, 0) is 126 Å². The van der Waals surface area contributed by atoms with Gasteiger partial charge in [0.1, 0.15) is 0 Å². The summed E-state index contributed by atoms with van der Waals surface area (Å²) in [5.41, 5.74) is 21.8. The number of rotatable bonds is 3. The van der Waals surface area contributed by atoms with Crippen LogP contribution in [0.5, 0.6) is 0 Å². The second kappa shape index (κ2) is 14.5. The number of hydrogen-bond donors (Lipinski definition) is 0. The third kappa shape index (κ3) is 5.41. The summed E-state index contributed by atoms with van der Waals surface area (Å²) in [6.07, 6.45) is 0. The average molecular weight is 808 g/mol. The van der Waals surface area contributed by atoms with Crippen LogP contribution in [-0.2, 0) is 16.2 Å². The second-order valence-corrected chi connectivity index (χ2v) is 18.3. The summed E-state index contributed by atoms with van der Waals surface area (Å²) in [5, 5.41) is 0. The maximum absolute atomic E-state index is 2.53. The van der Waals surface area contributed by atoms with Gasteiger partial charge in [0.25, 0.3) is 0 Å². The monoisotopic (exact) mass is 807 g/mol. The number of hydrogen-bond acceptors (Lipinski definition) is 2. The van der Waals surface area contributed by atoms with Crippen molar-refractivity contribution in [2.45, 2.75) is 81.4 Å². The molecule has 0 fully saturated rings. The van der Waals surface area contributed by atoms with Gasteiger partial charge in [0.05, 0.1) is 5.41 Å². The molecule has 3 aliphatic carbocycles. The van der Waals surface area contributed by atoms with Crippen LogP contribution in [0.3, 0.4) is 0 Å². The lowest BCUT2D eigenvalue weighted by Gasteiger charge is -2.40. The van der Waals surface area contributed by atoms with Crippen molar-refractivity contribution < 1.29 is 0 Å². The molecule has 2 heteroatoms. The summed E-state index contributed by atoms with van der Waals surface area (Å²) in [6.45, 7) is 17.5. The lowest BCUT2D eigenvalue weighted by Crippen LogP contribution is -2.32. The fourth-order valence-electron chi connectivity index (χ4n) is 11.1. The van der Waals surface area contributed by atoms with Crippen LogP contribution in [0.4, 0.5) is 17.1 Å². The first-order chi connectivity index (χ1) is 29.8. The van der Waals surface area contributed by atoms with Crippen molar-refractivity contribution in [3.8, 4) is 33.4 Å². The lowest BCUT2D eigenvalue weighted by atomic mass is 9.67. The van der Waals surface area contributed by atoms with E-state index in [0.29, 0.717) is 0 Å². The van der Waals surface area contributed by atoms with E-state index < -0.39 is 5.41 Å². The van der Waals surface area contributed by atoms with Crippen molar-refractivity contribution in [1.82, 2.24) is 0 Å². The smallest absolute Gasteiger partial charge is 0.0736 e. The van der Waals surface area contributed by atoms with Crippen molar-refractivity contribution in [1.29, 1.82) is 0 Å². The molecule has 12 rings (SSSR count). The van der Waals surface area contributed by atoms with E-state index in [1.54, 1.807) is 0 Å². The van der Waals surface area contributed by atoms with Crippen LogP contribution in [-0.4, -0.2) is 0 Å². The van der Waals surface area contributed by atoms with E-state index in [9.17, 15) is 0 Å². The molecule has 0 saturated carbocycles. The summed E-state index contributed by atoms with van der Waals surface area (Å²) < 4.78 is 0. The molecule has 0 N–H and O–H groups in total. The van der Waals surface area contributed by atoms with Gasteiger partial charge in [-0.1, -0.05) is 195 Å². The standard InChI is InChI=1S/C55H41NS.2C2H6/c1-53(2)43-18-8-5-15-37(43)40-28-25-34(31-48(40)53)56(35-26-29-41-38-16-6-9-19-44(38)54(3,4)49(41)32-35)36-27-30-42-39-17-7-10-20-45(39)55(50(42)33-36)46-21-11-13-23-51(46)57-52-24-14-12-22-47(52)55;2*1-2/h5-33H,1-4H3;2*1-2H3. The molecule has 8 aromatic rings. The normalized spacial score (nSPS) is 15.2. The van der Waals surface area contributed by atoms with Gasteiger partial charge in [-0.2, -0.15) is 0 Å². The molecule has 1 heterocycles. The largest absolute Gasteiger partial charge is 0.310 e. The number of fused-ring (bicyclic) bond motifs is 15. The lowest BCUT2D eigenvalue weighted by molar-refractivity contribution is 0.660. The molecule has 0 saturated heterocycles. The van der Waals surface area contributed by atoms with E-state index in [4.69, 9.17) is 0 Å². The molecule has 1 aliphatic heterocycles. The van der Waals surface area contributed by atoms with Crippen molar-refractivity contribution in [3.05, 3.63) is 220 Å². The van der Waals surface area contributed by atoms with Crippen LogP contribution in [0, 0.1) is 0 Å². The Labute approximate surface area is 367 Å². The summed E-state index contributed by atoms with van der Waals surface area (Å²) in [6, 6.07) is 66.9. The van der Waals surface area contributed by atoms with Gasteiger partial charge in [-0.15, -0.1) is 0 Å². The predicted molar refractivity (Wildman–Crippen MR) is 260 cm³/mol. The minimum atomic E-state index is -0.449. The molecule has 300 valence electrons. The number of benzene rings is 8. The molecule has 0 amide bonds. The molecule has 0 bridgehead atoms. The van der Waals surface area contributed by atoms with Gasteiger partial charge in [-0.3, -0.25) is 0 Å². The Hall–Kier alpha value is -6.09. The van der Waals surface area contributed by atoms with Gasteiger partial charge >= 0.3 is 0 Å². The minimum Gasteiger partial charge on any atom is -0.310 e. The van der Waals surface area contributed by atoms with Crippen LogP contribution >= 0.6 is 11.8 Å². The predicted octanol–water partition coefficient (Wildman–Crippen LogP) is 16.6. The molecule has 0 unspecified atom stereocenters. The highest BCUT2D eigenvalue weighted by Gasteiger charge is 2.50. The zero-order valence-electron chi connectivity index (χ0n) is 36.6. The molecule has 0 aromatic heterocycles. The highest BCUT2D eigenvalue weighted by molar-refractivity contribution is 7.99. The van der Waals surface area contributed by atoms with Crippen LogP contribution in [0.25, 0.3) is 33.4 Å². The molecule has 0 atom stereocenters. The van der Waals surface area contributed by atoms with Crippen molar-refractivity contribution in [2.75, 3.05) is 4.90 Å². The number of nitrogens with zero attached hydrogens (tertiary/aromatic N) is 1. The summed E-state index contributed by atoms with van der Waals surface area (Å²) >= 11 is 1.90. The highest BCUT2D eigenvalue weighted by atomic mass is 32.2. The first-order valence-corrected chi connectivity index (χ1v) is 23.0. The van der Waals surface area contributed by atoms with Crippen molar-refractivity contribution in [2.24, 2.45) is 0 Å². The first kappa shape index (κ1) is 39.1. The molecule has 4 aliphatic rings. The minimum absolute atomic E-state index is 0.119. The Morgan fingerprint density at radius 3 is 1.07 bits per heavy atom. The molecule has 1 nitrogen and oxygen atoms in total. The maximum Gasteiger partial charge on any atom is 0.0736 e. The topological polar surface area (TPSA) is 3.24 Å². The third-order valence-corrected chi connectivity index (χ3v) is 14.9. The zero-order chi connectivity index (χ0) is 42.3. The Balaban J connectivity index is 0.00000108. The fourth-order valence-corrected chi connectivity index (χ4v) is 12.3. The number of anilines is 3. The van der Waals surface area contributed by atoms with Gasteiger partial charge < -0.3 is 4.90 Å². The van der Waals surface area contributed by atoms with Gasteiger partial charge in [-0.25, -0.2) is 0 Å². The molecule has 1 spiro atoms. The maximum atomic E-state index is 2.53. The van der Waals surface area contributed by atoms with Gasteiger partial charge in [0.15, 0.2) is 0 Å².